The Hall–Kier alpha value is -2.57. The molecule has 0 unspecified atom stereocenters. The predicted molar refractivity (Wildman–Crippen MR) is 138 cm³/mol. The third kappa shape index (κ3) is 5.08. The molecule has 182 valence electrons. The lowest BCUT2D eigenvalue weighted by Gasteiger charge is -2.48. The van der Waals surface area contributed by atoms with Crippen LogP contribution in [0.2, 0.25) is 5.02 Å². The lowest BCUT2D eigenvalue weighted by molar-refractivity contribution is -0.138. The van der Waals surface area contributed by atoms with Gasteiger partial charge in [-0.2, -0.15) is 0 Å². The van der Waals surface area contributed by atoms with Gasteiger partial charge in [0.2, 0.25) is 5.91 Å². The van der Waals surface area contributed by atoms with E-state index in [4.69, 9.17) is 11.6 Å². The van der Waals surface area contributed by atoms with Crippen LogP contribution < -0.4 is 5.32 Å². The van der Waals surface area contributed by atoms with Crippen LogP contribution in [0.15, 0.2) is 48.5 Å². The molecule has 2 amide bonds. The topological polar surface area (TPSA) is 55.9 Å². The van der Waals surface area contributed by atoms with Gasteiger partial charge in [-0.05, 0) is 50.5 Å². The van der Waals surface area contributed by atoms with E-state index in [2.05, 4.69) is 10.2 Å². The van der Waals surface area contributed by atoms with Crippen LogP contribution in [-0.2, 0) is 10.2 Å². The number of halogens is 1. The number of piperidine rings is 1. The van der Waals surface area contributed by atoms with Crippen molar-refractivity contribution in [2.75, 3.05) is 45.6 Å². The second kappa shape index (κ2) is 9.96. The largest absolute Gasteiger partial charge is 0.380 e. The summed E-state index contributed by atoms with van der Waals surface area (Å²) >= 11 is 6.34. The molecule has 0 aromatic heterocycles. The smallest absolute Gasteiger partial charge is 0.254 e. The molecule has 4 rings (SSSR count). The Morgan fingerprint density at radius 3 is 2.26 bits per heavy atom. The van der Waals surface area contributed by atoms with Crippen molar-refractivity contribution in [3.63, 3.8) is 0 Å². The molecule has 2 aliphatic heterocycles. The van der Waals surface area contributed by atoms with Gasteiger partial charge in [0, 0.05) is 52.0 Å². The van der Waals surface area contributed by atoms with Crippen molar-refractivity contribution in [2.24, 2.45) is 0 Å². The fourth-order valence-corrected chi connectivity index (χ4v) is 5.23. The fraction of sp³-hybridized carbons (Fsp3) is 0.481. The van der Waals surface area contributed by atoms with Crippen LogP contribution in [-0.4, -0.2) is 78.9 Å². The highest BCUT2D eigenvalue weighted by Crippen LogP contribution is 2.30. The van der Waals surface area contributed by atoms with Crippen LogP contribution in [0.5, 0.6) is 0 Å². The van der Waals surface area contributed by atoms with Gasteiger partial charge in [0.25, 0.3) is 5.91 Å². The highest BCUT2D eigenvalue weighted by atomic mass is 35.5. The van der Waals surface area contributed by atoms with E-state index in [0.29, 0.717) is 22.7 Å². The van der Waals surface area contributed by atoms with Crippen LogP contribution in [0, 0.1) is 0 Å². The lowest BCUT2D eigenvalue weighted by atomic mass is 9.82. The molecule has 0 radical (unpaired) electrons. The first-order valence-electron chi connectivity index (χ1n) is 12.0. The summed E-state index contributed by atoms with van der Waals surface area (Å²) in [5, 5.41) is 4.00. The summed E-state index contributed by atoms with van der Waals surface area (Å²) in [5.41, 5.74) is 2.02. The third-order valence-corrected chi connectivity index (χ3v) is 7.50. The molecule has 2 fully saturated rings. The first-order chi connectivity index (χ1) is 16.2. The van der Waals surface area contributed by atoms with E-state index in [1.807, 2.05) is 61.2 Å². The Kier molecular flexibility index (Phi) is 7.20. The molecule has 0 saturated carbocycles. The van der Waals surface area contributed by atoms with Crippen LogP contribution in [0.4, 0.5) is 5.69 Å². The van der Waals surface area contributed by atoms with E-state index < -0.39 is 5.41 Å². The summed E-state index contributed by atoms with van der Waals surface area (Å²) in [6.07, 6.45) is 2.02. The number of rotatable bonds is 6. The third-order valence-electron chi connectivity index (χ3n) is 7.18. The number of nitrogens with zero attached hydrogens (tertiary/aromatic N) is 3. The van der Waals surface area contributed by atoms with Gasteiger partial charge in [0.1, 0.15) is 0 Å². The van der Waals surface area contributed by atoms with Crippen molar-refractivity contribution in [1.29, 1.82) is 0 Å². The van der Waals surface area contributed by atoms with Gasteiger partial charge < -0.3 is 15.1 Å². The number of anilines is 1. The van der Waals surface area contributed by atoms with Gasteiger partial charge >= 0.3 is 0 Å². The Labute approximate surface area is 207 Å². The van der Waals surface area contributed by atoms with Gasteiger partial charge in [-0.25, -0.2) is 0 Å². The molecule has 2 aromatic carbocycles. The number of benzene rings is 2. The van der Waals surface area contributed by atoms with Gasteiger partial charge in [-0.3, -0.25) is 14.5 Å². The zero-order valence-electron chi connectivity index (χ0n) is 20.6. The van der Waals surface area contributed by atoms with E-state index in [0.717, 1.165) is 50.3 Å². The van der Waals surface area contributed by atoms with E-state index >= 15 is 0 Å². The maximum Gasteiger partial charge on any atom is 0.254 e. The Balaban J connectivity index is 1.25. The van der Waals surface area contributed by atoms with Crippen molar-refractivity contribution in [1.82, 2.24) is 14.7 Å². The number of hydrogen-bond acceptors (Lipinski definition) is 4. The Morgan fingerprint density at radius 1 is 1.03 bits per heavy atom. The van der Waals surface area contributed by atoms with Crippen LogP contribution in [0.1, 0.15) is 42.6 Å². The molecule has 6 nitrogen and oxygen atoms in total. The molecule has 0 atom stereocenters. The summed E-state index contributed by atoms with van der Waals surface area (Å²) in [6.45, 7) is 7.63. The fourth-order valence-electron chi connectivity index (χ4n) is 4.96. The summed E-state index contributed by atoms with van der Waals surface area (Å²) in [7, 11) is 3.44. The molecule has 7 heteroatoms. The van der Waals surface area contributed by atoms with Crippen molar-refractivity contribution in [3.8, 4) is 0 Å². The molecular formula is C27H35ClN4O2. The van der Waals surface area contributed by atoms with Crippen molar-refractivity contribution in [2.45, 2.75) is 44.2 Å². The van der Waals surface area contributed by atoms with Crippen molar-refractivity contribution >= 4 is 29.1 Å². The summed E-state index contributed by atoms with van der Waals surface area (Å²) < 4.78 is 0. The van der Waals surface area contributed by atoms with Gasteiger partial charge in [-0.15, -0.1) is 0 Å². The average Bonchev–Trinajstić information content (AvgIpc) is 2.81. The second-order valence-electron chi connectivity index (χ2n) is 10.2. The number of nitrogens with one attached hydrogen (secondary N) is 1. The number of amides is 2. The molecule has 1 N–H and O–H groups in total. The van der Waals surface area contributed by atoms with Gasteiger partial charge in [0.15, 0.2) is 0 Å². The Morgan fingerprint density at radius 2 is 1.68 bits per heavy atom. The quantitative estimate of drug-likeness (QED) is 0.673. The first kappa shape index (κ1) is 24.6. The summed E-state index contributed by atoms with van der Waals surface area (Å²) in [4.78, 5) is 31.5. The highest BCUT2D eigenvalue weighted by molar-refractivity contribution is 6.34. The van der Waals surface area contributed by atoms with E-state index in [1.54, 1.807) is 20.2 Å². The summed E-state index contributed by atoms with van der Waals surface area (Å²) in [5.74, 6) is 0.122. The van der Waals surface area contributed by atoms with Gasteiger partial charge in [0.05, 0.1) is 22.0 Å². The molecule has 0 spiro atoms. The maximum atomic E-state index is 13.2. The molecule has 0 bridgehead atoms. The molecule has 34 heavy (non-hydrogen) atoms. The van der Waals surface area contributed by atoms with Crippen LogP contribution in [0.3, 0.4) is 0 Å². The number of carbonyl (C=O) groups excluding carboxylic acids is 2. The Bertz CT molecular complexity index is 1030. The van der Waals surface area contributed by atoms with Gasteiger partial charge in [-0.1, -0.05) is 41.9 Å². The van der Waals surface area contributed by atoms with E-state index in [9.17, 15) is 9.59 Å². The highest BCUT2D eigenvalue weighted by Gasteiger charge is 2.38. The maximum absolute atomic E-state index is 13.2. The monoisotopic (exact) mass is 482 g/mol. The SMILES string of the molecule is CN(C)C(=O)c1ccc(NC2CN(C3CCN(C(=O)C(C)(C)c4ccccc4)CC3)C2)cc1Cl. The molecule has 2 aliphatic rings. The molecule has 2 saturated heterocycles. The lowest BCUT2D eigenvalue weighted by Crippen LogP contribution is -2.61. The zero-order chi connectivity index (χ0) is 24.5. The molecule has 2 heterocycles. The first-order valence-corrected chi connectivity index (χ1v) is 12.4. The van der Waals surface area contributed by atoms with Crippen molar-refractivity contribution in [3.05, 3.63) is 64.7 Å². The van der Waals surface area contributed by atoms with E-state index in [-0.39, 0.29) is 11.8 Å². The number of hydrogen-bond donors (Lipinski definition) is 1. The average molecular weight is 483 g/mol. The number of likely N-dealkylation sites (tertiary alicyclic amines) is 2. The second-order valence-corrected chi connectivity index (χ2v) is 10.6. The molecule has 0 aliphatic carbocycles. The summed E-state index contributed by atoms with van der Waals surface area (Å²) in [6, 6.07) is 16.5. The normalized spacial score (nSPS) is 17.9. The minimum absolute atomic E-state index is 0.0941. The standard InChI is InChI=1S/C27H35ClN4O2/c1-27(2,19-8-6-5-7-9-19)26(34)31-14-12-22(13-15-31)32-17-21(18-32)29-20-10-11-23(24(28)16-20)25(33)30(3)4/h5-11,16,21-22,29H,12-15,17-18H2,1-4H3. The minimum atomic E-state index is -0.506. The van der Waals surface area contributed by atoms with Crippen LogP contribution >= 0.6 is 11.6 Å². The number of carbonyl (C=O) groups is 2. The van der Waals surface area contributed by atoms with E-state index in [1.165, 1.54) is 4.90 Å². The van der Waals surface area contributed by atoms with Crippen LogP contribution in [0.25, 0.3) is 0 Å². The minimum Gasteiger partial charge on any atom is -0.380 e. The molecular weight excluding hydrogens is 448 g/mol. The van der Waals surface area contributed by atoms with Crippen molar-refractivity contribution < 1.29 is 9.59 Å². The zero-order valence-corrected chi connectivity index (χ0v) is 21.3. The molecule has 2 aromatic rings. The predicted octanol–water partition coefficient (Wildman–Crippen LogP) is 4.11.